The van der Waals surface area contributed by atoms with Crippen molar-refractivity contribution >= 4 is 21.6 Å². The van der Waals surface area contributed by atoms with E-state index in [2.05, 4.69) is 46.1 Å². The molecule has 0 aliphatic heterocycles. The first kappa shape index (κ1) is 13.9. The van der Waals surface area contributed by atoms with Gasteiger partial charge >= 0.3 is 0 Å². The van der Waals surface area contributed by atoms with Crippen LogP contribution < -0.4 is 10.6 Å². The molecular formula is C15H23BrN2. The molecule has 1 saturated carbocycles. The first-order valence-corrected chi connectivity index (χ1v) is 7.69. The fourth-order valence-electron chi connectivity index (χ4n) is 2.96. The molecule has 1 fully saturated rings. The molecule has 0 unspecified atom stereocenters. The van der Waals surface area contributed by atoms with Crippen molar-refractivity contribution in [3.63, 3.8) is 0 Å². The van der Waals surface area contributed by atoms with Gasteiger partial charge in [-0.05, 0) is 55.5 Å². The molecule has 0 spiro atoms. The molecule has 100 valence electrons. The number of halogens is 1. The predicted molar refractivity (Wildman–Crippen MR) is 82.1 cm³/mol. The number of nitrogens with two attached hydrogens (primary N) is 1. The van der Waals surface area contributed by atoms with Crippen LogP contribution in [0.3, 0.4) is 0 Å². The Morgan fingerprint density at radius 1 is 1.33 bits per heavy atom. The number of anilines is 1. The number of benzene rings is 1. The Balaban J connectivity index is 2.09. The molecule has 1 aliphatic carbocycles. The van der Waals surface area contributed by atoms with Gasteiger partial charge in [0.1, 0.15) is 0 Å². The Labute approximate surface area is 119 Å². The van der Waals surface area contributed by atoms with Crippen LogP contribution in [0.4, 0.5) is 5.69 Å². The van der Waals surface area contributed by atoms with Gasteiger partial charge in [0.25, 0.3) is 0 Å². The largest absolute Gasteiger partial charge is 0.374 e. The molecule has 1 aromatic carbocycles. The summed E-state index contributed by atoms with van der Waals surface area (Å²) in [5.41, 5.74) is 8.41. The van der Waals surface area contributed by atoms with E-state index in [0.717, 1.165) is 16.8 Å². The summed E-state index contributed by atoms with van der Waals surface area (Å²) >= 11 is 3.54. The number of rotatable bonds is 5. The highest BCUT2D eigenvalue weighted by molar-refractivity contribution is 9.10. The summed E-state index contributed by atoms with van der Waals surface area (Å²) in [6.45, 7) is 1.89. The van der Waals surface area contributed by atoms with Crippen molar-refractivity contribution in [2.24, 2.45) is 11.7 Å². The summed E-state index contributed by atoms with van der Waals surface area (Å²) in [5.74, 6) is 0.879. The summed E-state index contributed by atoms with van der Waals surface area (Å²) in [4.78, 5) is 2.41. The maximum Gasteiger partial charge on any atom is 0.0397 e. The van der Waals surface area contributed by atoms with Crippen molar-refractivity contribution in [2.75, 3.05) is 25.0 Å². The van der Waals surface area contributed by atoms with Gasteiger partial charge in [0.05, 0.1) is 0 Å². The Hall–Kier alpha value is -0.540. The van der Waals surface area contributed by atoms with Gasteiger partial charge in [0, 0.05) is 23.8 Å². The highest BCUT2D eigenvalue weighted by atomic mass is 79.9. The normalized spacial score (nSPS) is 16.2. The second-order valence-electron chi connectivity index (χ2n) is 5.34. The Bertz CT molecular complexity index is 386. The second kappa shape index (κ2) is 6.58. The van der Waals surface area contributed by atoms with Gasteiger partial charge in [-0.1, -0.05) is 28.8 Å². The van der Waals surface area contributed by atoms with Crippen LogP contribution in [-0.4, -0.2) is 20.1 Å². The lowest BCUT2D eigenvalue weighted by molar-refractivity contribution is 0.546. The van der Waals surface area contributed by atoms with Crippen molar-refractivity contribution in [3.05, 3.63) is 28.2 Å². The molecule has 0 saturated heterocycles. The first-order valence-electron chi connectivity index (χ1n) is 6.90. The number of hydrogen-bond acceptors (Lipinski definition) is 2. The third-order valence-electron chi connectivity index (χ3n) is 3.87. The minimum Gasteiger partial charge on any atom is -0.374 e. The molecule has 0 radical (unpaired) electrons. The average molecular weight is 311 g/mol. The van der Waals surface area contributed by atoms with E-state index < -0.39 is 0 Å². The van der Waals surface area contributed by atoms with Crippen LogP contribution in [0.2, 0.25) is 0 Å². The van der Waals surface area contributed by atoms with Crippen LogP contribution in [-0.2, 0) is 6.42 Å². The van der Waals surface area contributed by atoms with E-state index in [-0.39, 0.29) is 0 Å². The molecule has 18 heavy (non-hydrogen) atoms. The van der Waals surface area contributed by atoms with Crippen LogP contribution in [0, 0.1) is 5.92 Å². The molecular weight excluding hydrogens is 288 g/mol. The summed E-state index contributed by atoms with van der Waals surface area (Å²) < 4.78 is 1.14. The summed E-state index contributed by atoms with van der Waals surface area (Å²) in [5, 5.41) is 0. The lowest BCUT2D eigenvalue weighted by atomic mass is 10.1. The smallest absolute Gasteiger partial charge is 0.0397 e. The standard InChI is InChI=1S/C15H23BrN2/c1-18(11-12-4-2-3-5-12)15-7-6-14(16)10-13(15)8-9-17/h6-7,10,12H,2-5,8-9,11,17H2,1H3. The molecule has 2 nitrogen and oxygen atoms in total. The van der Waals surface area contributed by atoms with E-state index in [1.54, 1.807) is 0 Å². The van der Waals surface area contributed by atoms with Crippen LogP contribution in [0.15, 0.2) is 22.7 Å². The maximum absolute atomic E-state index is 5.71. The van der Waals surface area contributed by atoms with E-state index >= 15 is 0 Å². The Morgan fingerprint density at radius 2 is 2.06 bits per heavy atom. The van der Waals surface area contributed by atoms with Crippen molar-refractivity contribution in [1.29, 1.82) is 0 Å². The van der Waals surface area contributed by atoms with E-state index in [1.165, 1.54) is 43.5 Å². The predicted octanol–water partition coefficient (Wildman–Crippen LogP) is 3.58. The van der Waals surface area contributed by atoms with Crippen LogP contribution in [0.1, 0.15) is 31.2 Å². The molecule has 2 rings (SSSR count). The van der Waals surface area contributed by atoms with Gasteiger partial charge in [0.15, 0.2) is 0 Å². The van der Waals surface area contributed by atoms with Crippen LogP contribution in [0.25, 0.3) is 0 Å². The van der Waals surface area contributed by atoms with E-state index in [0.29, 0.717) is 6.54 Å². The number of hydrogen-bond donors (Lipinski definition) is 1. The quantitative estimate of drug-likeness (QED) is 0.900. The SMILES string of the molecule is CN(CC1CCCC1)c1ccc(Br)cc1CCN. The Morgan fingerprint density at radius 3 is 2.72 bits per heavy atom. The monoisotopic (exact) mass is 310 g/mol. The molecule has 1 aliphatic rings. The zero-order chi connectivity index (χ0) is 13.0. The number of nitrogens with zero attached hydrogens (tertiary/aromatic N) is 1. The summed E-state index contributed by atoms with van der Waals surface area (Å²) in [6, 6.07) is 6.54. The van der Waals surface area contributed by atoms with Crippen LogP contribution >= 0.6 is 15.9 Å². The van der Waals surface area contributed by atoms with Gasteiger partial charge < -0.3 is 10.6 Å². The molecule has 2 N–H and O–H groups in total. The topological polar surface area (TPSA) is 29.3 Å². The van der Waals surface area contributed by atoms with Gasteiger partial charge in [-0.3, -0.25) is 0 Å². The van der Waals surface area contributed by atoms with Crippen molar-refractivity contribution in [2.45, 2.75) is 32.1 Å². The van der Waals surface area contributed by atoms with Crippen molar-refractivity contribution < 1.29 is 0 Å². The first-order chi connectivity index (χ1) is 8.70. The third-order valence-corrected chi connectivity index (χ3v) is 4.37. The maximum atomic E-state index is 5.71. The molecule has 0 atom stereocenters. The highest BCUT2D eigenvalue weighted by Gasteiger charge is 2.18. The van der Waals surface area contributed by atoms with Crippen LogP contribution in [0.5, 0.6) is 0 Å². The van der Waals surface area contributed by atoms with E-state index in [9.17, 15) is 0 Å². The lowest BCUT2D eigenvalue weighted by Gasteiger charge is -2.25. The fraction of sp³-hybridized carbons (Fsp3) is 0.600. The lowest BCUT2D eigenvalue weighted by Crippen LogP contribution is -2.25. The third kappa shape index (κ3) is 3.48. The second-order valence-corrected chi connectivity index (χ2v) is 6.26. The molecule has 0 bridgehead atoms. The molecule has 3 heteroatoms. The highest BCUT2D eigenvalue weighted by Crippen LogP contribution is 2.29. The van der Waals surface area contributed by atoms with Gasteiger partial charge in [-0.15, -0.1) is 0 Å². The van der Waals surface area contributed by atoms with Gasteiger partial charge in [-0.2, -0.15) is 0 Å². The van der Waals surface area contributed by atoms with Crippen molar-refractivity contribution in [1.82, 2.24) is 0 Å². The zero-order valence-corrected chi connectivity index (χ0v) is 12.7. The fourth-order valence-corrected chi connectivity index (χ4v) is 3.37. The summed E-state index contributed by atoms with van der Waals surface area (Å²) in [6.07, 6.45) is 6.56. The van der Waals surface area contributed by atoms with Gasteiger partial charge in [0.2, 0.25) is 0 Å². The van der Waals surface area contributed by atoms with E-state index in [4.69, 9.17) is 5.73 Å². The molecule has 0 aromatic heterocycles. The van der Waals surface area contributed by atoms with Gasteiger partial charge in [-0.25, -0.2) is 0 Å². The Kier molecular flexibility index (Phi) is 5.07. The minimum atomic E-state index is 0.709. The average Bonchev–Trinajstić information content (AvgIpc) is 2.82. The van der Waals surface area contributed by atoms with Crippen molar-refractivity contribution in [3.8, 4) is 0 Å². The molecule has 0 amide bonds. The molecule has 1 aromatic rings. The minimum absolute atomic E-state index is 0.709. The van der Waals surface area contributed by atoms with E-state index in [1.807, 2.05) is 0 Å². The zero-order valence-electron chi connectivity index (χ0n) is 11.2. The summed E-state index contributed by atoms with van der Waals surface area (Å²) in [7, 11) is 2.21. The molecule has 0 heterocycles.